The molecule has 1 heterocycles. The third-order valence-electron chi connectivity index (χ3n) is 3.61. The average Bonchev–Trinajstić information content (AvgIpc) is 2.82. The molecule has 1 aromatic rings. The SMILES string of the molecule is CCNC(CC1CCCC1)c1ncccc1Cl. The van der Waals surface area contributed by atoms with Gasteiger partial charge in [-0.15, -0.1) is 0 Å². The molecular weight excluding hydrogens is 232 g/mol. The molecule has 0 saturated heterocycles. The van der Waals surface area contributed by atoms with Crippen molar-refractivity contribution in [2.75, 3.05) is 6.54 Å². The van der Waals surface area contributed by atoms with Crippen LogP contribution < -0.4 is 5.32 Å². The molecule has 1 aliphatic carbocycles. The van der Waals surface area contributed by atoms with Crippen molar-refractivity contribution in [3.05, 3.63) is 29.0 Å². The normalized spacial score (nSPS) is 18.5. The third kappa shape index (κ3) is 3.43. The summed E-state index contributed by atoms with van der Waals surface area (Å²) in [6.07, 6.45) is 8.52. The highest BCUT2D eigenvalue weighted by Crippen LogP contribution is 2.34. The summed E-state index contributed by atoms with van der Waals surface area (Å²) in [5, 5.41) is 4.31. The Morgan fingerprint density at radius 2 is 2.24 bits per heavy atom. The highest BCUT2D eigenvalue weighted by atomic mass is 35.5. The Balaban J connectivity index is 2.08. The summed E-state index contributed by atoms with van der Waals surface area (Å²) in [5.74, 6) is 0.845. The van der Waals surface area contributed by atoms with Gasteiger partial charge in [-0.2, -0.15) is 0 Å². The number of hydrogen-bond acceptors (Lipinski definition) is 2. The summed E-state index contributed by atoms with van der Waals surface area (Å²) >= 11 is 6.24. The van der Waals surface area contributed by atoms with Crippen LogP contribution in [0.5, 0.6) is 0 Å². The topological polar surface area (TPSA) is 24.9 Å². The lowest BCUT2D eigenvalue weighted by atomic mass is 9.96. The summed E-state index contributed by atoms with van der Waals surface area (Å²) in [4.78, 5) is 4.44. The van der Waals surface area contributed by atoms with Crippen LogP contribution in [-0.4, -0.2) is 11.5 Å². The molecule has 1 fully saturated rings. The van der Waals surface area contributed by atoms with Gasteiger partial charge >= 0.3 is 0 Å². The van der Waals surface area contributed by atoms with Crippen LogP contribution in [0.4, 0.5) is 0 Å². The molecule has 0 aliphatic heterocycles. The molecule has 0 amide bonds. The van der Waals surface area contributed by atoms with Gasteiger partial charge in [-0.1, -0.05) is 44.2 Å². The lowest BCUT2D eigenvalue weighted by Crippen LogP contribution is -2.24. The van der Waals surface area contributed by atoms with E-state index in [9.17, 15) is 0 Å². The molecule has 17 heavy (non-hydrogen) atoms. The molecule has 1 aliphatic rings. The van der Waals surface area contributed by atoms with Crippen molar-refractivity contribution < 1.29 is 0 Å². The van der Waals surface area contributed by atoms with Gasteiger partial charge in [0.25, 0.3) is 0 Å². The van der Waals surface area contributed by atoms with Crippen LogP contribution in [0.3, 0.4) is 0 Å². The quantitative estimate of drug-likeness (QED) is 0.858. The molecule has 0 bridgehead atoms. The standard InChI is InChI=1S/C14H21ClN2/c1-2-16-13(10-11-6-3-4-7-11)14-12(15)8-5-9-17-14/h5,8-9,11,13,16H,2-4,6-7,10H2,1H3. The number of aromatic nitrogens is 1. The molecule has 2 rings (SSSR count). The van der Waals surface area contributed by atoms with E-state index in [2.05, 4.69) is 17.2 Å². The zero-order valence-corrected chi connectivity index (χ0v) is 11.2. The van der Waals surface area contributed by atoms with Crippen molar-refractivity contribution in [1.82, 2.24) is 10.3 Å². The molecule has 0 spiro atoms. The van der Waals surface area contributed by atoms with Crippen LogP contribution in [0.15, 0.2) is 18.3 Å². The van der Waals surface area contributed by atoms with E-state index in [-0.39, 0.29) is 0 Å². The van der Waals surface area contributed by atoms with Crippen LogP contribution in [0, 0.1) is 5.92 Å². The molecule has 3 heteroatoms. The van der Waals surface area contributed by atoms with Gasteiger partial charge in [0.2, 0.25) is 0 Å². The first-order valence-corrected chi connectivity index (χ1v) is 7.03. The van der Waals surface area contributed by atoms with E-state index >= 15 is 0 Å². The summed E-state index contributed by atoms with van der Waals surface area (Å²) in [6.45, 7) is 3.10. The third-order valence-corrected chi connectivity index (χ3v) is 3.93. The number of nitrogens with one attached hydrogen (secondary N) is 1. The van der Waals surface area contributed by atoms with Crippen molar-refractivity contribution in [2.24, 2.45) is 5.92 Å². The largest absolute Gasteiger partial charge is 0.309 e. The Morgan fingerprint density at radius 1 is 1.47 bits per heavy atom. The minimum Gasteiger partial charge on any atom is -0.309 e. The number of halogens is 1. The molecule has 1 saturated carbocycles. The Labute approximate surface area is 109 Å². The lowest BCUT2D eigenvalue weighted by Gasteiger charge is -2.21. The van der Waals surface area contributed by atoms with E-state index in [1.807, 2.05) is 18.3 Å². The van der Waals surface area contributed by atoms with Gasteiger partial charge in [0.1, 0.15) is 0 Å². The molecule has 1 N–H and O–H groups in total. The molecule has 1 unspecified atom stereocenters. The van der Waals surface area contributed by atoms with E-state index in [0.717, 1.165) is 23.2 Å². The molecule has 0 radical (unpaired) electrons. The van der Waals surface area contributed by atoms with Crippen LogP contribution >= 0.6 is 11.6 Å². The van der Waals surface area contributed by atoms with E-state index in [1.54, 1.807) is 0 Å². The molecule has 1 atom stereocenters. The predicted molar refractivity (Wildman–Crippen MR) is 72.2 cm³/mol. The van der Waals surface area contributed by atoms with Gasteiger partial charge in [0.05, 0.1) is 16.8 Å². The summed E-state index contributed by atoms with van der Waals surface area (Å²) in [7, 11) is 0. The molecular formula is C14H21ClN2. The Bertz CT molecular complexity index is 348. The van der Waals surface area contributed by atoms with Crippen molar-refractivity contribution in [1.29, 1.82) is 0 Å². The molecule has 0 aromatic carbocycles. The fraction of sp³-hybridized carbons (Fsp3) is 0.643. The Kier molecular flexibility index (Phi) is 4.81. The number of nitrogens with zero attached hydrogens (tertiary/aromatic N) is 1. The Hall–Kier alpha value is -0.600. The smallest absolute Gasteiger partial charge is 0.0759 e. The first kappa shape index (κ1) is 12.8. The number of hydrogen-bond donors (Lipinski definition) is 1. The van der Waals surface area contributed by atoms with Gasteiger partial charge < -0.3 is 5.32 Å². The molecule has 94 valence electrons. The fourth-order valence-corrected chi connectivity index (χ4v) is 3.02. The van der Waals surface area contributed by atoms with Crippen LogP contribution in [-0.2, 0) is 0 Å². The first-order chi connectivity index (χ1) is 8.31. The second-order valence-corrected chi connectivity index (χ2v) is 5.27. The van der Waals surface area contributed by atoms with Crippen molar-refractivity contribution in [3.8, 4) is 0 Å². The van der Waals surface area contributed by atoms with Crippen LogP contribution in [0.1, 0.15) is 50.8 Å². The van der Waals surface area contributed by atoms with Crippen molar-refractivity contribution in [3.63, 3.8) is 0 Å². The lowest BCUT2D eigenvalue weighted by molar-refractivity contribution is 0.395. The minimum atomic E-state index is 0.316. The maximum atomic E-state index is 6.24. The van der Waals surface area contributed by atoms with Gasteiger partial charge in [-0.3, -0.25) is 4.98 Å². The maximum absolute atomic E-state index is 6.24. The van der Waals surface area contributed by atoms with Crippen LogP contribution in [0.25, 0.3) is 0 Å². The molecule has 2 nitrogen and oxygen atoms in total. The van der Waals surface area contributed by atoms with E-state index in [1.165, 1.54) is 32.1 Å². The summed E-state index contributed by atoms with van der Waals surface area (Å²) in [6, 6.07) is 4.14. The predicted octanol–water partition coefficient (Wildman–Crippen LogP) is 3.97. The number of pyridine rings is 1. The fourth-order valence-electron chi connectivity index (χ4n) is 2.77. The van der Waals surface area contributed by atoms with E-state index in [4.69, 9.17) is 11.6 Å². The zero-order valence-electron chi connectivity index (χ0n) is 10.5. The van der Waals surface area contributed by atoms with Gasteiger partial charge in [-0.25, -0.2) is 0 Å². The second kappa shape index (κ2) is 6.36. The van der Waals surface area contributed by atoms with Crippen LogP contribution in [0.2, 0.25) is 5.02 Å². The summed E-state index contributed by atoms with van der Waals surface area (Å²) < 4.78 is 0. The van der Waals surface area contributed by atoms with E-state index in [0.29, 0.717) is 6.04 Å². The van der Waals surface area contributed by atoms with Crippen molar-refractivity contribution in [2.45, 2.75) is 45.1 Å². The highest BCUT2D eigenvalue weighted by molar-refractivity contribution is 6.31. The van der Waals surface area contributed by atoms with E-state index < -0.39 is 0 Å². The van der Waals surface area contributed by atoms with Gasteiger partial charge in [-0.05, 0) is 31.0 Å². The number of rotatable bonds is 5. The van der Waals surface area contributed by atoms with Gasteiger partial charge in [0.15, 0.2) is 0 Å². The van der Waals surface area contributed by atoms with Crippen molar-refractivity contribution >= 4 is 11.6 Å². The average molecular weight is 253 g/mol. The Morgan fingerprint density at radius 3 is 2.88 bits per heavy atom. The first-order valence-electron chi connectivity index (χ1n) is 6.65. The zero-order chi connectivity index (χ0) is 12.1. The second-order valence-electron chi connectivity index (χ2n) is 4.87. The molecule has 1 aromatic heterocycles. The van der Waals surface area contributed by atoms with Gasteiger partial charge in [0, 0.05) is 6.20 Å². The monoisotopic (exact) mass is 252 g/mol. The summed E-state index contributed by atoms with van der Waals surface area (Å²) in [5.41, 5.74) is 1.02. The highest BCUT2D eigenvalue weighted by Gasteiger charge is 2.22. The maximum Gasteiger partial charge on any atom is 0.0759 e. The minimum absolute atomic E-state index is 0.316.